The van der Waals surface area contributed by atoms with Crippen molar-refractivity contribution >= 4 is 22.3 Å². The molecule has 0 spiro atoms. The van der Waals surface area contributed by atoms with Crippen LogP contribution < -0.4 is 5.56 Å². The summed E-state index contributed by atoms with van der Waals surface area (Å²) in [5, 5.41) is 1.78. The maximum absolute atomic E-state index is 11.6. The number of esters is 1. The third kappa shape index (κ3) is 2.11. The van der Waals surface area contributed by atoms with Gasteiger partial charge >= 0.3 is 5.97 Å². The fourth-order valence-corrected chi connectivity index (χ4v) is 1.96. The summed E-state index contributed by atoms with van der Waals surface area (Å²) in [4.78, 5) is 27.3. The number of hydrogen-bond donors (Lipinski definition) is 0. The summed E-state index contributed by atoms with van der Waals surface area (Å²) in [7, 11) is 0. The molecule has 0 amide bonds. The SMILES string of the molecule is CCC(=O)OCc1cc(=O)n2ccsc2n1. The second kappa shape index (κ2) is 4.44. The van der Waals surface area contributed by atoms with Gasteiger partial charge in [0.15, 0.2) is 4.96 Å². The summed E-state index contributed by atoms with van der Waals surface area (Å²) in [6.07, 6.45) is 1.98. The van der Waals surface area contributed by atoms with Crippen LogP contribution in [0.3, 0.4) is 0 Å². The zero-order chi connectivity index (χ0) is 11.5. The van der Waals surface area contributed by atoms with Crippen LogP contribution in [0.25, 0.3) is 4.96 Å². The molecule has 0 aliphatic rings. The van der Waals surface area contributed by atoms with Crippen molar-refractivity contribution in [1.82, 2.24) is 9.38 Å². The Labute approximate surface area is 95.3 Å². The Hall–Kier alpha value is -1.69. The Kier molecular flexibility index (Phi) is 3.00. The molecule has 16 heavy (non-hydrogen) atoms. The van der Waals surface area contributed by atoms with Gasteiger partial charge in [-0.2, -0.15) is 0 Å². The lowest BCUT2D eigenvalue weighted by molar-refractivity contribution is -0.144. The lowest BCUT2D eigenvalue weighted by Gasteiger charge is -2.02. The number of aromatic nitrogens is 2. The number of ether oxygens (including phenoxy) is 1. The van der Waals surface area contributed by atoms with Crippen LogP contribution in [0, 0.1) is 0 Å². The molecule has 0 atom stereocenters. The Morgan fingerprint density at radius 1 is 1.62 bits per heavy atom. The third-order valence-electron chi connectivity index (χ3n) is 2.03. The van der Waals surface area contributed by atoms with Gasteiger partial charge in [0.1, 0.15) is 6.61 Å². The molecule has 0 unspecified atom stereocenters. The Morgan fingerprint density at radius 3 is 3.19 bits per heavy atom. The molecule has 0 aliphatic carbocycles. The van der Waals surface area contributed by atoms with E-state index in [4.69, 9.17) is 4.74 Å². The summed E-state index contributed by atoms with van der Waals surface area (Å²) in [6.45, 7) is 1.77. The first-order chi connectivity index (χ1) is 7.70. The fraction of sp³-hybridized carbons (Fsp3) is 0.300. The first-order valence-electron chi connectivity index (χ1n) is 4.82. The molecule has 5 nitrogen and oxygen atoms in total. The summed E-state index contributed by atoms with van der Waals surface area (Å²) in [6, 6.07) is 1.38. The molecule has 2 aromatic heterocycles. The van der Waals surface area contributed by atoms with Crippen LogP contribution >= 0.6 is 11.3 Å². The Bertz CT molecular complexity index is 573. The minimum Gasteiger partial charge on any atom is -0.459 e. The summed E-state index contributed by atoms with van der Waals surface area (Å²) in [5.74, 6) is -0.298. The predicted octanol–water partition coefficient (Wildman–Crippen LogP) is 1.21. The van der Waals surface area contributed by atoms with Crippen LogP contribution in [0.5, 0.6) is 0 Å². The Morgan fingerprint density at radius 2 is 2.44 bits per heavy atom. The largest absolute Gasteiger partial charge is 0.459 e. The summed E-state index contributed by atoms with van der Waals surface area (Å²) < 4.78 is 6.37. The van der Waals surface area contributed by atoms with Crippen LogP contribution in [0.1, 0.15) is 19.0 Å². The smallest absolute Gasteiger partial charge is 0.305 e. The van der Waals surface area contributed by atoms with Crippen molar-refractivity contribution in [2.75, 3.05) is 0 Å². The van der Waals surface area contributed by atoms with Crippen molar-refractivity contribution in [3.63, 3.8) is 0 Å². The van der Waals surface area contributed by atoms with E-state index in [1.807, 2.05) is 0 Å². The molecule has 0 aliphatic heterocycles. The quantitative estimate of drug-likeness (QED) is 0.754. The van der Waals surface area contributed by atoms with Crippen molar-refractivity contribution in [3.8, 4) is 0 Å². The highest BCUT2D eigenvalue weighted by Crippen LogP contribution is 2.07. The molecule has 0 fully saturated rings. The molecule has 0 radical (unpaired) electrons. The van der Waals surface area contributed by atoms with Crippen LogP contribution in [0.15, 0.2) is 22.4 Å². The number of carbonyl (C=O) groups excluding carboxylic acids is 1. The van der Waals surface area contributed by atoms with Gasteiger partial charge in [-0.05, 0) is 0 Å². The van der Waals surface area contributed by atoms with Gasteiger partial charge in [0.2, 0.25) is 0 Å². The van der Waals surface area contributed by atoms with E-state index in [2.05, 4.69) is 4.98 Å². The minimum absolute atomic E-state index is 0.0519. The molecule has 0 N–H and O–H groups in total. The molecule has 2 heterocycles. The van der Waals surface area contributed by atoms with E-state index in [1.165, 1.54) is 21.8 Å². The third-order valence-corrected chi connectivity index (χ3v) is 2.78. The first-order valence-corrected chi connectivity index (χ1v) is 5.70. The average Bonchev–Trinajstić information content (AvgIpc) is 2.74. The zero-order valence-electron chi connectivity index (χ0n) is 8.67. The van der Waals surface area contributed by atoms with E-state index >= 15 is 0 Å². The maximum Gasteiger partial charge on any atom is 0.305 e. The van der Waals surface area contributed by atoms with Gasteiger partial charge < -0.3 is 4.74 Å². The maximum atomic E-state index is 11.6. The van der Waals surface area contributed by atoms with Gasteiger partial charge in [0.05, 0.1) is 5.69 Å². The van der Waals surface area contributed by atoms with E-state index < -0.39 is 0 Å². The molecule has 0 saturated heterocycles. The normalized spacial score (nSPS) is 10.6. The van der Waals surface area contributed by atoms with Gasteiger partial charge in [0.25, 0.3) is 5.56 Å². The summed E-state index contributed by atoms with van der Waals surface area (Å²) in [5.41, 5.74) is 0.322. The zero-order valence-corrected chi connectivity index (χ0v) is 9.49. The molecule has 84 valence electrons. The highest BCUT2D eigenvalue weighted by molar-refractivity contribution is 7.15. The molecule has 2 rings (SSSR count). The lowest BCUT2D eigenvalue weighted by atomic mass is 10.4. The van der Waals surface area contributed by atoms with Gasteiger partial charge in [-0.1, -0.05) is 6.92 Å². The predicted molar refractivity (Wildman–Crippen MR) is 59.4 cm³/mol. The second-order valence-corrected chi connectivity index (χ2v) is 4.03. The van der Waals surface area contributed by atoms with E-state index in [9.17, 15) is 9.59 Å². The lowest BCUT2D eigenvalue weighted by Crippen LogP contribution is -2.14. The Balaban J connectivity index is 2.25. The van der Waals surface area contributed by atoms with Crippen LogP contribution in [0.4, 0.5) is 0 Å². The van der Waals surface area contributed by atoms with Crippen molar-refractivity contribution in [3.05, 3.63) is 33.7 Å². The standard InChI is InChI=1S/C10H10N2O3S/c1-2-9(14)15-6-7-5-8(13)12-3-4-16-10(12)11-7/h3-5H,2,6H2,1H3. The van der Waals surface area contributed by atoms with Crippen molar-refractivity contribution in [2.45, 2.75) is 20.0 Å². The molecular formula is C10H10N2O3S. The number of nitrogens with zero attached hydrogens (tertiary/aromatic N) is 2. The molecule has 0 aromatic carbocycles. The number of fused-ring (bicyclic) bond motifs is 1. The van der Waals surface area contributed by atoms with Crippen LogP contribution in [-0.2, 0) is 16.1 Å². The molecule has 0 saturated carbocycles. The van der Waals surface area contributed by atoms with E-state index in [-0.39, 0.29) is 18.1 Å². The van der Waals surface area contributed by atoms with E-state index in [1.54, 1.807) is 18.5 Å². The molecule has 2 aromatic rings. The number of hydrogen-bond acceptors (Lipinski definition) is 5. The average molecular weight is 238 g/mol. The molecule has 6 heteroatoms. The number of thiazole rings is 1. The highest BCUT2D eigenvalue weighted by Gasteiger charge is 2.05. The summed E-state index contributed by atoms with van der Waals surface area (Å²) >= 11 is 1.37. The van der Waals surface area contributed by atoms with E-state index in [0.29, 0.717) is 17.1 Å². The van der Waals surface area contributed by atoms with Crippen LogP contribution in [0.2, 0.25) is 0 Å². The monoisotopic (exact) mass is 238 g/mol. The van der Waals surface area contributed by atoms with Crippen molar-refractivity contribution in [1.29, 1.82) is 0 Å². The molecule has 0 bridgehead atoms. The minimum atomic E-state index is -0.298. The van der Waals surface area contributed by atoms with Gasteiger partial charge in [0, 0.05) is 24.1 Å². The van der Waals surface area contributed by atoms with Crippen molar-refractivity contribution in [2.24, 2.45) is 0 Å². The fourth-order valence-electron chi connectivity index (χ4n) is 1.22. The number of carbonyl (C=O) groups is 1. The highest BCUT2D eigenvalue weighted by atomic mass is 32.1. The van der Waals surface area contributed by atoms with Gasteiger partial charge in [-0.15, -0.1) is 11.3 Å². The first kappa shape index (κ1) is 10.8. The van der Waals surface area contributed by atoms with E-state index in [0.717, 1.165) is 0 Å². The van der Waals surface area contributed by atoms with Crippen LogP contribution in [-0.4, -0.2) is 15.4 Å². The number of rotatable bonds is 3. The van der Waals surface area contributed by atoms with Gasteiger partial charge in [-0.3, -0.25) is 14.0 Å². The topological polar surface area (TPSA) is 60.7 Å². The van der Waals surface area contributed by atoms with Crippen molar-refractivity contribution < 1.29 is 9.53 Å². The second-order valence-electron chi connectivity index (χ2n) is 3.16. The van der Waals surface area contributed by atoms with Gasteiger partial charge in [-0.25, -0.2) is 4.98 Å². The molecular weight excluding hydrogens is 228 g/mol.